The largest absolute Gasteiger partial charge is 0.315 e. The first-order valence-electron chi connectivity index (χ1n) is 4.08. The van der Waals surface area contributed by atoms with E-state index in [9.17, 15) is 0 Å². The fourth-order valence-electron chi connectivity index (χ4n) is 1.33. The van der Waals surface area contributed by atoms with E-state index in [1.54, 1.807) is 0 Å². The summed E-state index contributed by atoms with van der Waals surface area (Å²) in [6, 6.07) is 0. The summed E-state index contributed by atoms with van der Waals surface area (Å²) < 4.78 is 0. The van der Waals surface area contributed by atoms with E-state index < -0.39 is 0 Å². The van der Waals surface area contributed by atoms with Gasteiger partial charge in [0.05, 0.1) is 0 Å². The molecule has 0 aliphatic carbocycles. The molecule has 0 heterocycles. The molecule has 0 rings (SSSR count). The number of hydrogen-bond acceptors (Lipinski definition) is 2. The van der Waals surface area contributed by atoms with E-state index in [2.05, 4.69) is 29.2 Å². The molecule has 0 aliphatic heterocycles. The topological polar surface area (TPSA) is 60.8 Å². The van der Waals surface area contributed by atoms with Crippen molar-refractivity contribution in [2.45, 2.75) is 45.2 Å². The lowest BCUT2D eigenvalue weighted by molar-refractivity contribution is 0.306. The Bertz CT molecular complexity index is 189. The SMILES string of the molecule is CNC(C)(C)CC(C)(C)N=[N+]=[N-]. The Balaban J connectivity index is 4.32. The molecule has 4 heteroatoms. The second-order valence-corrected chi connectivity index (χ2v) is 4.31. The number of azide groups is 1. The Hall–Kier alpha value is -0.730. The van der Waals surface area contributed by atoms with Gasteiger partial charge in [-0.3, -0.25) is 0 Å². The molecule has 0 atom stereocenters. The highest BCUT2D eigenvalue weighted by Crippen LogP contribution is 2.22. The smallest absolute Gasteiger partial charge is 0.0449 e. The van der Waals surface area contributed by atoms with Gasteiger partial charge < -0.3 is 5.32 Å². The minimum absolute atomic E-state index is 0.0116. The molecule has 0 unspecified atom stereocenters. The fourth-order valence-corrected chi connectivity index (χ4v) is 1.33. The molecule has 4 nitrogen and oxygen atoms in total. The Morgan fingerprint density at radius 3 is 2.17 bits per heavy atom. The second-order valence-electron chi connectivity index (χ2n) is 4.31. The molecular formula is C8H18N4. The predicted molar refractivity (Wildman–Crippen MR) is 51.0 cm³/mol. The lowest BCUT2D eigenvalue weighted by atomic mass is 9.88. The summed E-state index contributed by atoms with van der Waals surface area (Å²) in [5.74, 6) is 0. The van der Waals surface area contributed by atoms with E-state index in [-0.39, 0.29) is 11.1 Å². The van der Waals surface area contributed by atoms with Gasteiger partial charge in [-0.25, -0.2) is 0 Å². The molecule has 0 aromatic heterocycles. The summed E-state index contributed by atoms with van der Waals surface area (Å²) in [6.07, 6.45) is 0.820. The maximum Gasteiger partial charge on any atom is 0.0449 e. The van der Waals surface area contributed by atoms with Crippen LogP contribution in [0.5, 0.6) is 0 Å². The van der Waals surface area contributed by atoms with Gasteiger partial charge in [-0.05, 0) is 32.8 Å². The monoisotopic (exact) mass is 170 g/mol. The third kappa shape index (κ3) is 4.21. The van der Waals surface area contributed by atoms with Gasteiger partial charge in [0, 0.05) is 16.0 Å². The zero-order valence-corrected chi connectivity index (χ0v) is 8.55. The molecule has 0 saturated heterocycles. The maximum absolute atomic E-state index is 8.31. The van der Waals surface area contributed by atoms with Gasteiger partial charge in [0.2, 0.25) is 0 Å². The molecule has 0 radical (unpaired) electrons. The van der Waals surface area contributed by atoms with Crippen molar-refractivity contribution in [2.75, 3.05) is 7.05 Å². The maximum atomic E-state index is 8.31. The van der Waals surface area contributed by atoms with Crippen molar-refractivity contribution in [2.24, 2.45) is 5.11 Å². The van der Waals surface area contributed by atoms with Gasteiger partial charge in [-0.2, -0.15) is 0 Å². The molecule has 1 N–H and O–H groups in total. The molecule has 70 valence electrons. The quantitative estimate of drug-likeness (QED) is 0.393. The first-order valence-corrected chi connectivity index (χ1v) is 4.08. The average Bonchev–Trinajstić information content (AvgIpc) is 1.85. The van der Waals surface area contributed by atoms with Crippen LogP contribution < -0.4 is 5.32 Å². The Labute approximate surface area is 74.0 Å². The third-order valence-corrected chi connectivity index (χ3v) is 1.87. The molecule has 0 spiro atoms. The highest BCUT2D eigenvalue weighted by molar-refractivity contribution is 4.89. The molecule has 0 aliphatic rings. The summed E-state index contributed by atoms with van der Waals surface area (Å²) in [5.41, 5.74) is 8.00. The van der Waals surface area contributed by atoms with Gasteiger partial charge in [-0.15, -0.1) is 0 Å². The van der Waals surface area contributed by atoms with Gasteiger partial charge in [0.1, 0.15) is 0 Å². The van der Waals surface area contributed by atoms with Crippen molar-refractivity contribution in [1.29, 1.82) is 0 Å². The van der Waals surface area contributed by atoms with Crippen molar-refractivity contribution in [3.05, 3.63) is 10.4 Å². The van der Waals surface area contributed by atoms with Gasteiger partial charge in [-0.1, -0.05) is 19.0 Å². The van der Waals surface area contributed by atoms with Crippen LogP contribution in [0, 0.1) is 0 Å². The molecule has 12 heavy (non-hydrogen) atoms. The minimum Gasteiger partial charge on any atom is -0.315 e. The van der Waals surface area contributed by atoms with Crippen molar-refractivity contribution >= 4 is 0 Å². The van der Waals surface area contributed by atoms with Crippen LogP contribution in [0.25, 0.3) is 10.4 Å². The van der Waals surface area contributed by atoms with Crippen LogP contribution >= 0.6 is 0 Å². The number of nitrogens with zero attached hydrogens (tertiary/aromatic N) is 3. The lowest BCUT2D eigenvalue weighted by Crippen LogP contribution is -2.42. The average molecular weight is 170 g/mol. The summed E-state index contributed by atoms with van der Waals surface area (Å²) in [6.45, 7) is 8.04. The summed E-state index contributed by atoms with van der Waals surface area (Å²) in [4.78, 5) is 2.82. The second kappa shape index (κ2) is 3.78. The zero-order chi connectivity index (χ0) is 9.83. The normalized spacial score (nSPS) is 12.4. The van der Waals surface area contributed by atoms with Crippen molar-refractivity contribution in [3.63, 3.8) is 0 Å². The fraction of sp³-hybridized carbons (Fsp3) is 1.00. The van der Waals surface area contributed by atoms with Crippen LogP contribution in [0.2, 0.25) is 0 Å². The molecule has 0 aromatic carbocycles. The Morgan fingerprint density at radius 2 is 1.83 bits per heavy atom. The van der Waals surface area contributed by atoms with Crippen LogP contribution in [-0.2, 0) is 0 Å². The van der Waals surface area contributed by atoms with Gasteiger partial charge in [0.15, 0.2) is 0 Å². The molecular weight excluding hydrogens is 152 g/mol. The van der Waals surface area contributed by atoms with Crippen LogP contribution in [0.15, 0.2) is 5.11 Å². The van der Waals surface area contributed by atoms with E-state index in [1.807, 2.05) is 20.9 Å². The first kappa shape index (κ1) is 11.3. The van der Waals surface area contributed by atoms with Crippen LogP contribution in [-0.4, -0.2) is 18.1 Å². The molecule has 0 bridgehead atoms. The van der Waals surface area contributed by atoms with E-state index in [1.165, 1.54) is 0 Å². The number of rotatable bonds is 4. The van der Waals surface area contributed by atoms with E-state index in [0.717, 1.165) is 6.42 Å². The van der Waals surface area contributed by atoms with E-state index in [4.69, 9.17) is 5.53 Å². The van der Waals surface area contributed by atoms with Crippen LogP contribution in [0.1, 0.15) is 34.1 Å². The number of hydrogen-bond donors (Lipinski definition) is 1. The third-order valence-electron chi connectivity index (χ3n) is 1.87. The number of nitrogens with one attached hydrogen (secondary N) is 1. The van der Waals surface area contributed by atoms with Crippen molar-refractivity contribution < 1.29 is 0 Å². The molecule has 0 fully saturated rings. The Kier molecular flexibility index (Phi) is 3.55. The van der Waals surface area contributed by atoms with E-state index >= 15 is 0 Å². The van der Waals surface area contributed by atoms with Crippen molar-refractivity contribution in [1.82, 2.24) is 5.32 Å². The molecule has 0 aromatic rings. The molecule has 0 saturated carbocycles. The Morgan fingerprint density at radius 1 is 1.33 bits per heavy atom. The van der Waals surface area contributed by atoms with Crippen molar-refractivity contribution in [3.8, 4) is 0 Å². The minimum atomic E-state index is -0.318. The highest BCUT2D eigenvalue weighted by Gasteiger charge is 2.26. The summed E-state index contributed by atoms with van der Waals surface area (Å²) in [5, 5.41) is 6.90. The summed E-state index contributed by atoms with van der Waals surface area (Å²) >= 11 is 0. The highest BCUT2D eigenvalue weighted by atomic mass is 15.2. The zero-order valence-electron chi connectivity index (χ0n) is 8.55. The van der Waals surface area contributed by atoms with Gasteiger partial charge in [0.25, 0.3) is 0 Å². The van der Waals surface area contributed by atoms with Crippen LogP contribution in [0.4, 0.5) is 0 Å². The first-order chi connectivity index (χ1) is 5.33. The standard InChI is InChI=1S/C8H18N4/c1-7(2,10-5)6-8(3,4)11-12-9/h10H,6H2,1-5H3. The lowest BCUT2D eigenvalue weighted by Gasteiger charge is -2.31. The van der Waals surface area contributed by atoms with Crippen LogP contribution in [0.3, 0.4) is 0 Å². The van der Waals surface area contributed by atoms with E-state index in [0.29, 0.717) is 0 Å². The van der Waals surface area contributed by atoms with Gasteiger partial charge >= 0.3 is 0 Å². The predicted octanol–water partition coefficient (Wildman–Crippen LogP) is 2.46. The molecule has 0 amide bonds. The summed E-state index contributed by atoms with van der Waals surface area (Å²) in [7, 11) is 1.91.